The normalized spacial score (nSPS) is 14.4. The number of hydrogen-bond acceptors (Lipinski definition) is 4. The average Bonchev–Trinajstić information content (AvgIpc) is 1.84. The van der Waals surface area contributed by atoms with Gasteiger partial charge in [-0.05, 0) is 0 Å². The average molecular weight is 209 g/mol. The first-order chi connectivity index (χ1) is 4.46. The van der Waals surface area contributed by atoms with Gasteiger partial charge in [0.2, 0.25) is 0 Å². The Morgan fingerprint density at radius 3 is 1.18 bits per heavy atom. The molecular formula is C4H6NiO6. The van der Waals surface area contributed by atoms with E-state index >= 15 is 0 Å². The van der Waals surface area contributed by atoms with Crippen LogP contribution in [0.3, 0.4) is 0 Å². The Bertz CT molecular complexity index is 139. The van der Waals surface area contributed by atoms with Crippen LogP contribution in [0.5, 0.6) is 0 Å². The minimum atomic E-state index is -2.27. The maximum absolute atomic E-state index is 9.77. The van der Waals surface area contributed by atoms with Gasteiger partial charge in [0.1, 0.15) is 0 Å². The van der Waals surface area contributed by atoms with Gasteiger partial charge in [0, 0.05) is 16.5 Å². The van der Waals surface area contributed by atoms with E-state index in [0.29, 0.717) is 0 Å². The van der Waals surface area contributed by atoms with Crippen LogP contribution in [0.15, 0.2) is 0 Å². The molecule has 6 nitrogen and oxygen atoms in total. The van der Waals surface area contributed by atoms with Crippen LogP contribution in [0, 0.1) is 0 Å². The van der Waals surface area contributed by atoms with Crippen LogP contribution in [0.2, 0.25) is 0 Å². The molecule has 0 aromatic heterocycles. The minimum absolute atomic E-state index is 0. The van der Waals surface area contributed by atoms with E-state index in [1.165, 1.54) is 0 Å². The minimum Gasteiger partial charge on any atom is -0.479 e. The zero-order valence-electron chi connectivity index (χ0n) is 5.08. The molecule has 0 radical (unpaired) electrons. The number of carboxylic acids is 2. The van der Waals surface area contributed by atoms with Crippen molar-refractivity contribution in [3.63, 3.8) is 0 Å². The molecule has 0 amide bonds. The molecule has 0 spiro atoms. The summed E-state index contributed by atoms with van der Waals surface area (Å²) in [6.07, 6.45) is -4.53. The van der Waals surface area contributed by atoms with E-state index in [1.807, 2.05) is 0 Å². The molecule has 0 heterocycles. The van der Waals surface area contributed by atoms with Gasteiger partial charge < -0.3 is 20.4 Å². The van der Waals surface area contributed by atoms with Crippen LogP contribution in [0.4, 0.5) is 0 Å². The van der Waals surface area contributed by atoms with Gasteiger partial charge in [-0.25, -0.2) is 9.59 Å². The van der Waals surface area contributed by atoms with E-state index in [1.54, 1.807) is 0 Å². The van der Waals surface area contributed by atoms with Gasteiger partial charge in [-0.3, -0.25) is 0 Å². The van der Waals surface area contributed by atoms with Gasteiger partial charge in [0.05, 0.1) is 0 Å². The topological polar surface area (TPSA) is 115 Å². The Hall–Kier alpha value is -0.646. The first-order valence-electron chi connectivity index (χ1n) is 2.28. The molecule has 2 unspecified atom stereocenters. The van der Waals surface area contributed by atoms with Crippen molar-refractivity contribution in [3.05, 3.63) is 0 Å². The fraction of sp³-hybridized carbons (Fsp3) is 0.500. The van der Waals surface area contributed by atoms with Crippen molar-refractivity contribution < 1.29 is 46.5 Å². The SMILES string of the molecule is O=C(O)C(O)C(O)C(=O)O.[Ni]. The number of aliphatic hydroxyl groups is 2. The van der Waals surface area contributed by atoms with Crippen molar-refractivity contribution >= 4 is 11.9 Å². The van der Waals surface area contributed by atoms with Gasteiger partial charge in [-0.15, -0.1) is 0 Å². The summed E-state index contributed by atoms with van der Waals surface area (Å²) in [5.74, 6) is -3.54. The molecule has 7 heteroatoms. The largest absolute Gasteiger partial charge is 0.479 e. The van der Waals surface area contributed by atoms with Gasteiger partial charge >= 0.3 is 11.9 Å². The van der Waals surface area contributed by atoms with Crippen molar-refractivity contribution in [2.24, 2.45) is 0 Å². The fourth-order valence-corrected chi connectivity index (χ4v) is 0.270. The second kappa shape index (κ2) is 5.06. The molecule has 0 bridgehead atoms. The van der Waals surface area contributed by atoms with Crippen LogP contribution in [0.25, 0.3) is 0 Å². The molecule has 0 aromatic carbocycles. The first-order valence-corrected chi connectivity index (χ1v) is 2.28. The van der Waals surface area contributed by atoms with Crippen LogP contribution in [-0.2, 0) is 26.1 Å². The summed E-state index contributed by atoms with van der Waals surface area (Å²) in [4.78, 5) is 19.5. The summed E-state index contributed by atoms with van der Waals surface area (Å²) in [6, 6.07) is 0. The van der Waals surface area contributed by atoms with E-state index in [9.17, 15) is 9.59 Å². The predicted molar refractivity (Wildman–Crippen MR) is 27.3 cm³/mol. The summed E-state index contributed by atoms with van der Waals surface area (Å²) >= 11 is 0. The Kier molecular flexibility index (Phi) is 5.98. The van der Waals surface area contributed by atoms with E-state index in [4.69, 9.17) is 20.4 Å². The fourth-order valence-electron chi connectivity index (χ4n) is 0.270. The Labute approximate surface area is 71.4 Å². The maximum atomic E-state index is 9.77. The zero-order chi connectivity index (χ0) is 8.31. The summed E-state index contributed by atoms with van der Waals surface area (Å²) in [5, 5.41) is 32.5. The van der Waals surface area contributed by atoms with E-state index in [2.05, 4.69) is 0 Å². The Morgan fingerprint density at radius 1 is 0.909 bits per heavy atom. The predicted octanol–water partition coefficient (Wildman–Crippen LogP) is -2.13. The number of hydrogen-bond donors (Lipinski definition) is 4. The maximum Gasteiger partial charge on any atom is 0.335 e. The van der Waals surface area contributed by atoms with Gasteiger partial charge in [0.25, 0.3) is 0 Å². The number of carboxylic acid groups (broad SMARTS) is 2. The molecule has 0 aliphatic carbocycles. The quantitative estimate of drug-likeness (QED) is 0.394. The summed E-state index contributed by atoms with van der Waals surface area (Å²) in [5.41, 5.74) is 0. The third-order valence-electron chi connectivity index (χ3n) is 0.805. The number of aliphatic hydroxyl groups excluding tert-OH is 2. The molecule has 4 N–H and O–H groups in total. The number of aliphatic carboxylic acids is 2. The first kappa shape index (κ1) is 13.0. The van der Waals surface area contributed by atoms with Gasteiger partial charge in [-0.1, -0.05) is 0 Å². The molecular weight excluding hydrogens is 203 g/mol. The van der Waals surface area contributed by atoms with Crippen molar-refractivity contribution in [2.45, 2.75) is 12.2 Å². The van der Waals surface area contributed by atoms with Crippen molar-refractivity contribution in [3.8, 4) is 0 Å². The van der Waals surface area contributed by atoms with Crippen LogP contribution >= 0.6 is 0 Å². The molecule has 11 heavy (non-hydrogen) atoms. The molecule has 0 aliphatic heterocycles. The van der Waals surface area contributed by atoms with Gasteiger partial charge in [0.15, 0.2) is 12.2 Å². The second-order valence-electron chi connectivity index (χ2n) is 1.57. The van der Waals surface area contributed by atoms with Crippen LogP contribution in [-0.4, -0.2) is 44.6 Å². The number of carbonyl (C=O) groups is 2. The second-order valence-corrected chi connectivity index (χ2v) is 1.57. The third-order valence-corrected chi connectivity index (χ3v) is 0.805. The van der Waals surface area contributed by atoms with E-state index in [0.717, 1.165) is 0 Å². The summed E-state index contributed by atoms with van der Waals surface area (Å²) in [6.45, 7) is 0. The Morgan fingerprint density at radius 2 is 1.09 bits per heavy atom. The van der Waals surface area contributed by atoms with Crippen molar-refractivity contribution in [1.29, 1.82) is 0 Å². The summed E-state index contributed by atoms with van der Waals surface area (Å²) < 4.78 is 0. The zero-order valence-corrected chi connectivity index (χ0v) is 6.06. The molecule has 0 rings (SSSR count). The molecule has 0 aliphatic rings. The number of rotatable bonds is 3. The van der Waals surface area contributed by atoms with Crippen LogP contribution < -0.4 is 0 Å². The Balaban J connectivity index is 0. The van der Waals surface area contributed by atoms with Crippen molar-refractivity contribution in [2.75, 3.05) is 0 Å². The van der Waals surface area contributed by atoms with Crippen LogP contribution in [0.1, 0.15) is 0 Å². The molecule has 0 fully saturated rings. The summed E-state index contributed by atoms with van der Waals surface area (Å²) in [7, 11) is 0. The molecule has 0 saturated carbocycles. The molecule has 0 aromatic rings. The standard InChI is InChI=1S/C4H6O6.Ni/c5-1(3(7)8)2(6)4(9)10;/h1-2,5-6H,(H,7,8)(H,9,10);. The van der Waals surface area contributed by atoms with Gasteiger partial charge in [-0.2, -0.15) is 0 Å². The van der Waals surface area contributed by atoms with E-state index < -0.39 is 24.1 Å². The third kappa shape index (κ3) is 3.92. The van der Waals surface area contributed by atoms with Crippen molar-refractivity contribution in [1.82, 2.24) is 0 Å². The molecule has 0 saturated heterocycles. The molecule has 2 atom stereocenters. The monoisotopic (exact) mass is 208 g/mol. The molecule has 68 valence electrons. The van der Waals surface area contributed by atoms with E-state index in [-0.39, 0.29) is 16.5 Å². The smallest absolute Gasteiger partial charge is 0.335 e.